The molecule has 5 rings (SSSR count). The summed E-state index contributed by atoms with van der Waals surface area (Å²) in [6, 6.07) is 12.3. The average molecular weight is 527 g/mol. The maximum Gasteiger partial charge on any atom is 0.129 e. The third kappa shape index (κ3) is 6.09. The summed E-state index contributed by atoms with van der Waals surface area (Å²) in [6.07, 6.45) is 14.8. The standard InChI is InChI=1S/C33H36F2N4/c1-23(30-9-6-16-39(24(30)2)29-7-4-3-5-8-29)37-32-20-26(22-36)10-13-33(32)38-17-14-25(15-18-38)19-27-11-12-28(34)21-31(27)35/h6,9-13,16,20-21,25,29,37H,1-5,7-8,14-15,17-19H2. The number of nitriles is 1. The van der Waals surface area contributed by atoms with E-state index in [9.17, 15) is 14.0 Å². The van der Waals surface area contributed by atoms with Gasteiger partial charge >= 0.3 is 0 Å². The maximum atomic E-state index is 14.2. The number of piperidine rings is 1. The maximum absolute atomic E-state index is 14.2. The lowest BCUT2D eigenvalue weighted by molar-refractivity contribution is 0.263. The van der Waals surface area contributed by atoms with Crippen LogP contribution in [0, 0.1) is 28.9 Å². The van der Waals surface area contributed by atoms with Gasteiger partial charge in [-0.3, -0.25) is 0 Å². The Labute approximate surface area is 230 Å². The molecule has 0 atom stereocenters. The fraction of sp³-hybridized carbons (Fsp3) is 0.364. The van der Waals surface area contributed by atoms with Gasteiger partial charge in [0.05, 0.1) is 23.0 Å². The first-order chi connectivity index (χ1) is 18.9. The summed E-state index contributed by atoms with van der Waals surface area (Å²) in [5.41, 5.74) is 5.69. The molecule has 1 aliphatic carbocycles. The predicted molar refractivity (Wildman–Crippen MR) is 154 cm³/mol. The van der Waals surface area contributed by atoms with E-state index >= 15 is 0 Å². The molecule has 2 aromatic carbocycles. The average Bonchev–Trinajstić information content (AvgIpc) is 2.95. The molecule has 2 aliphatic heterocycles. The molecule has 4 nitrogen and oxygen atoms in total. The monoisotopic (exact) mass is 526 g/mol. The molecule has 0 radical (unpaired) electrons. The molecule has 39 heavy (non-hydrogen) atoms. The summed E-state index contributed by atoms with van der Waals surface area (Å²) in [6.45, 7) is 10.4. The highest BCUT2D eigenvalue weighted by atomic mass is 19.1. The quantitative estimate of drug-likeness (QED) is 0.399. The van der Waals surface area contributed by atoms with Crippen molar-refractivity contribution in [3.05, 3.63) is 108 Å². The van der Waals surface area contributed by atoms with Gasteiger partial charge in [-0.25, -0.2) is 8.78 Å². The minimum atomic E-state index is -0.543. The van der Waals surface area contributed by atoms with Gasteiger partial charge in [-0.05, 0) is 80.0 Å². The highest BCUT2D eigenvalue weighted by Crippen LogP contribution is 2.36. The highest BCUT2D eigenvalue weighted by molar-refractivity contribution is 5.75. The SMILES string of the molecule is C=C(Nc1cc(C#N)ccc1N1CCC(Cc2ccc(F)cc2F)CC1)C1=CC=CN(C2CCCCC2)C1=C. The van der Waals surface area contributed by atoms with Gasteiger partial charge in [-0.15, -0.1) is 0 Å². The summed E-state index contributed by atoms with van der Waals surface area (Å²) in [7, 11) is 0. The number of benzene rings is 2. The van der Waals surface area contributed by atoms with Crippen molar-refractivity contribution in [1.29, 1.82) is 5.26 Å². The molecule has 0 unspecified atom stereocenters. The molecule has 0 spiro atoms. The highest BCUT2D eigenvalue weighted by Gasteiger charge is 2.26. The van der Waals surface area contributed by atoms with Crippen LogP contribution in [0.4, 0.5) is 20.2 Å². The van der Waals surface area contributed by atoms with Crippen molar-refractivity contribution in [2.75, 3.05) is 23.3 Å². The normalized spacial score (nSPS) is 18.6. The van der Waals surface area contributed by atoms with Crippen LogP contribution in [0.1, 0.15) is 56.1 Å². The number of hydrogen-bond donors (Lipinski definition) is 1. The lowest BCUT2D eigenvalue weighted by atomic mass is 9.89. The van der Waals surface area contributed by atoms with Gasteiger partial charge in [0.15, 0.2) is 0 Å². The Hall–Kier alpha value is -3.85. The van der Waals surface area contributed by atoms with Gasteiger partial charge in [-0.2, -0.15) is 5.26 Å². The van der Waals surface area contributed by atoms with Crippen LogP contribution in [0.3, 0.4) is 0 Å². The first-order valence-electron chi connectivity index (χ1n) is 14.0. The van der Waals surface area contributed by atoms with E-state index in [-0.39, 0.29) is 0 Å². The van der Waals surface area contributed by atoms with Crippen molar-refractivity contribution in [3.63, 3.8) is 0 Å². The van der Waals surface area contributed by atoms with E-state index in [1.807, 2.05) is 24.3 Å². The Morgan fingerprint density at radius 2 is 1.79 bits per heavy atom. The number of rotatable bonds is 7. The smallest absolute Gasteiger partial charge is 0.129 e. The zero-order valence-corrected chi connectivity index (χ0v) is 22.4. The third-order valence-corrected chi connectivity index (χ3v) is 8.32. The van der Waals surface area contributed by atoms with Crippen molar-refractivity contribution in [2.45, 2.75) is 57.4 Å². The molecule has 0 amide bonds. The summed E-state index contributed by atoms with van der Waals surface area (Å²) in [5, 5.41) is 13.1. The molecule has 1 saturated heterocycles. The van der Waals surface area contributed by atoms with Crippen LogP contribution in [0.15, 0.2) is 84.9 Å². The molecule has 3 aliphatic rings. The number of hydrogen-bond acceptors (Lipinski definition) is 4. The van der Waals surface area contributed by atoms with E-state index in [1.54, 1.807) is 6.07 Å². The van der Waals surface area contributed by atoms with Crippen molar-refractivity contribution in [1.82, 2.24) is 4.90 Å². The second-order valence-corrected chi connectivity index (χ2v) is 10.9. The molecular weight excluding hydrogens is 490 g/mol. The Bertz CT molecular complexity index is 1340. The van der Waals surface area contributed by atoms with E-state index in [0.29, 0.717) is 29.5 Å². The Morgan fingerprint density at radius 3 is 2.51 bits per heavy atom. The van der Waals surface area contributed by atoms with E-state index in [1.165, 1.54) is 38.2 Å². The largest absolute Gasteiger partial charge is 0.370 e. The van der Waals surface area contributed by atoms with Crippen LogP contribution < -0.4 is 10.2 Å². The first-order valence-corrected chi connectivity index (χ1v) is 14.0. The van der Waals surface area contributed by atoms with Crippen LogP contribution in [0.5, 0.6) is 0 Å². The van der Waals surface area contributed by atoms with Crippen molar-refractivity contribution in [2.24, 2.45) is 5.92 Å². The zero-order valence-electron chi connectivity index (χ0n) is 22.4. The summed E-state index contributed by atoms with van der Waals surface area (Å²) >= 11 is 0. The topological polar surface area (TPSA) is 42.3 Å². The summed E-state index contributed by atoms with van der Waals surface area (Å²) in [4.78, 5) is 4.61. The molecule has 202 valence electrons. The molecule has 2 fully saturated rings. The fourth-order valence-corrected chi connectivity index (χ4v) is 6.12. The van der Waals surface area contributed by atoms with Crippen LogP contribution in [0.2, 0.25) is 0 Å². The molecule has 1 saturated carbocycles. The van der Waals surface area contributed by atoms with Gasteiger partial charge in [0.2, 0.25) is 0 Å². The van der Waals surface area contributed by atoms with E-state index < -0.39 is 11.6 Å². The number of nitrogens with one attached hydrogen (secondary N) is 1. The van der Waals surface area contributed by atoms with Crippen molar-refractivity contribution < 1.29 is 8.78 Å². The van der Waals surface area contributed by atoms with E-state index in [2.05, 4.69) is 46.6 Å². The Kier molecular flexibility index (Phi) is 8.16. The molecule has 0 aromatic heterocycles. The van der Waals surface area contributed by atoms with Crippen LogP contribution in [-0.4, -0.2) is 24.0 Å². The lowest BCUT2D eigenvalue weighted by Gasteiger charge is -2.38. The van der Waals surface area contributed by atoms with E-state index in [0.717, 1.165) is 60.3 Å². The fourth-order valence-electron chi connectivity index (χ4n) is 6.12. The first kappa shape index (κ1) is 26.7. The van der Waals surface area contributed by atoms with Gasteiger partial charge in [0.25, 0.3) is 0 Å². The van der Waals surface area contributed by atoms with Gasteiger partial charge in [0, 0.05) is 48.4 Å². The predicted octanol–water partition coefficient (Wildman–Crippen LogP) is 7.82. The van der Waals surface area contributed by atoms with Gasteiger partial charge in [0.1, 0.15) is 11.6 Å². The Balaban J connectivity index is 1.27. The van der Waals surface area contributed by atoms with Crippen molar-refractivity contribution in [3.8, 4) is 6.07 Å². The molecule has 1 N–H and O–H groups in total. The van der Waals surface area contributed by atoms with Gasteiger partial charge < -0.3 is 15.1 Å². The second-order valence-electron chi connectivity index (χ2n) is 10.9. The zero-order chi connectivity index (χ0) is 27.4. The molecule has 0 bridgehead atoms. The van der Waals surface area contributed by atoms with E-state index in [4.69, 9.17) is 0 Å². The number of nitrogens with zero attached hydrogens (tertiary/aromatic N) is 3. The number of allylic oxidation sites excluding steroid dienone is 2. The minimum absolute atomic E-state index is 0.333. The second kappa shape index (κ2) is 11.9. The minimum Gasteiger partial charge on any atom is -0.370 e. The van der Waals surface area contributed by atoms with Gasteiger partial charge in [-0.1, -0.05) is 38.5 Å². The van der Waals surface area contributed by atoms with Crippen molar-refractivity contribution >= 4 is 11.4 Å². The van der Waals surface area contributed by atoms with Crippen LogP contribution in [0.25, 0.3) is 0 Å². The summed E-state index contributed by atoms with van der Waals surface area (Å²) < 4.78 is 27.5. The van der Waals surface area contributed by atoms with Crippen LogP contribution in [-0.2, 0) is 6.42 Å². The molecular formula is C33H36F2N4. The summed E-state index contributed by atoms with van der Waals surface area (Å²) in [5.74, 6) is -0.678. The lowest BCUT2D eigenvalue weighted by Crippen LogP contribution is -2.35. The number of halogens is 2. The van der Waals surface area contributed by atoms with Crippen LogP contribution >= 0.6 is 0 Å². The third-order valence-electron chi connectivity index (χ3n) is 8.32. The number of anilines is 2. The Morgan fingerprint density at radius 1 is 1.03 bits per heavy atom. The molecule has 2 heterocycles. The molecule has 2 aromatic rings. The molecule has 6 heteroatoms.